The number of hydrogen-bond acceptors (Lipinski definition) is 6. The van der Waals surface area contributed by atoms with E-state index >= 15 is 0 Å². The maximum atomic E-state index is 13.6. The molecule has 0 aromatic carbocycles. The lowest BCUT2D eigenvalue weighted by atomic mass is 9.93. The highest BCUT2D eigenvalue weighted by Crippen LogP contribution is 2.33. The number of nitrogens with two attached hydrogens (primary N) is 1. The first-order valence-electron chi connectivity index (χ1n) is 8.66. The number of pyridine rings is 1. The Kier molecular flexibility index (Phi) is 5.67. The number of ether oxygens (including phenoxy) is 1. The van der Waals surface area contributed by atoms with Crippen LogP contribution in [0.25, 0.3) is 21.6 Å². The highest BCUT2D eigenvalue weighted by Gasteiger charge is 2.24. The van der Waals surface area contributed by atoms with Crippen LogP contribution in [0.3, 0.4) is 0 Å². The summed E-state index contributed by atoms with van der Waals surface area (Å²) in [4.78, 5) is 13.3. The van der Waals surface area contributed by atoms with Gasteiger partial charge in [-0.2, -0.15) is 0 Å². The van der Waals surface area contributed by atoms with Crippen molar-refractivity contribution in [3.63, 3.8) is 0 Å². The SMILES string of the molecule is CC(C)C[C@](C)(N)COc1ccc(-c2ncnc3sccc23)nc1C(F)F. The van der Waals surface area contributed by atoms with E-state index in [4.69, 9.17) is 10.5 Å². The molecular formula is C19H22F2N4OS. The zero-order valence-corrected chi connectivity index (χ0v) is 16.3. The molecule has 144 valence electrons. The zero-order valence-electron chi connectivity index (χ0n) is 15.4. The van der Waals surface area contributed by atoms with Gasteiger partial charge in [0.2, 0.25) is 0 Å². The van der Waals surface area contributed by atoms with Gasteiger partial charge in [-0.25, -0.2) is 23.7 Å². The predicted octanol–water partition coefficient (Wildman–Crippen LogP) is 4.83. The summed E-state index contributed by atoms with van der Waals surface area (Å²) in [5.41, 5.74) is 6.09. The summed E-state index contributed by atoms with van der Waals surface area (Å²) in [5, 5.41) is 2.67. The van der Waals surface area contributed by atoms with Crippen LogP contribution in [0.1, 0.15) is 39.3 Å². The Morgan fingerprint density at radius 1 is 1.22 bits per heavy atom. The molecule has 3 aromatic rings. The Bertz CT molecular complexity index is 927. The van der Waals surface area contributed by atoms with Gasteiger partial charge in [0.15, 0.2) is 0 Å². The number of thiophene rings is 1. The maximum absolute atomic E-state index is 13.6. The maximum Gasteiger partial charge on any atom is 0.284 e. The van der Waals surface area contributed by atoms with E-state index in [0.29, 0.717) is 17.3 Å². The quantitative estimate of drug-likeness (QED) is 0.623. The first-order valence-corrected chi connectivity index (χ1v) is 9.54. The van der Waals surface area contributed by atoms with Gasteiger partial charge in [-0.05, 0) is 42.8 Å². The van der Waals surface area contributed by atoms with Crippen LogP contribution in [-0.4, -0.2) is 27.1 Å². The molecule has 3 rings (SSSR count). The molecule has 0 bridgehead atoms. The van der Waals surface area contributed by atoms with Crippen LogP contribution >= 0.6 is 11.3 Å². The normalized spacial score (nSPS) is 14.1. The number of halogens is 2. The molecule has 0 saturated heterocycles. The van der Waals surface area contributed by atoms with Crippen molar-refractivity contribution in [2.75, 3.05) is 6.61 Å². The molecule has 2 N–H and O–H groups in total. The van der Waals surface area contributed by atoms with Gasteiger partial charge in [0.05, 0.1) is 5.69 Å². The van der Waals surface area contributed by atoms with E-state index in [9.17, 15) is 8.78 Å². The molecule has 3 aromatic heterocycles. The Morgan fingerprint density at radius 2 is 2.00 bits per heavy atom. The average Bonchev–Trinajstić information content (AvgIpc) is 3.07. The predicted molar refractivity (Wildman–Crippen MR) is 103 cm³/mol. The summed E-state index contributed by atoms with van der Waals surface area (Å²) < 4.78 is 32.8. The molecule has 0 aliphatic carbocycles. The summed E-state index contributed by atoms with van der Waals surface area (Å²) in [5.74, 6) is 0.425. The Balaban J connectivity index is 1.91. The summed E-state index contributed by atoms with van der Waals surface area (Å²) in [6.45, 7) is 6.09. The second kappa shape index (κ2) is 7.82. The third-order valence-corrected chi connectivity index (χ3v) is 4.85. The fraction of sp³-hybridized carbons (Fsp3) is 0.421. The smallest absolute Gasteiger partial charge is 0.284 e. The van der Waals surface area contributed by atoms with E-state index in [2.05, 4.69) is 28.8 Å². The number of hydrogen-bond donors (Lipinski definition) is 1. The molecule has 8 heteroatoms. The molecule has 1 atom stereocenters. The summed E-state index contributed by atoms with van der Waals surface area (Å²) in [7, 11) is 0. The highest BCUT2D eigenvalue weighted by atomic mass is 32.1. The standard InChI is InChI=1S/C19H22F2N4OS/c1-11(2)8-19(3,22)9-26-14-5-4-13(25-16(14)17(20)21)15-12-6-7-27-18(12)24-10-23-15/h4-7,10-11,17H,8-9,22H2,1-3H3/t19-/m0/s1. The van der Waals surface area contributed by atoms with Crippen LogP contribution in [-0.2, 0) is 0 Å². The molecule has 5 nitrogen and oxygen atoms in total. The van der Waals surface area contributed by atoms with Crippen molar-refractivity contribution in [1.82, 2.24) is 15.0 Å². The summed E-state index contributed by atoms with van der Waals surface area (Å²) in [6.07, 6.45) is -0.637. The van der Waals surface area contributed by atoms with Crippen LogP contribution in [0.5, 0.6) is 5.75 Å². The van der Waals surface area contributed by atoms with Crippen LogP contribution in [0.2, 0.25) is 0 Å². The van der Waals surface area contributed by atoms with Crippen LogP contribution in [0.4, 0.5) is 8.78 Å². The van der Waals surface area contributed by atoms with E-state index in [1.165, 1.54) is 23.7 Å². The minimum absolute atomic E-state index is 0.0461. The van der Waals surface area contributed by atoms with Crippen molar-refractivity contribution in [3.8, 4) is 17.1 Å². The van der Waals surface area contributed by atoms with Crippen LogP contribution < -0.4 is 10.5 Å². The van der Waals surface area contributed by atoms with E-state index in [-0.39, 0.29) is 12.4 Å². The molecule has 0 fully saturated rings. The Labute approximate surface area is 160 Å². The average molecular weight is 392 g/mol. The molecular weight excluding hydrogens is 370 g/mol. The number of rotatable bonds is 7. The van der Waals surface area contributed by atoms with Gasteiger partial charge in [0.1, 0.15) is 34.9 Å². The van der Waals surface area contributed by atoms with Gasteiger partial charge in [0.25, 0.3) is 6.43 Å². The fourth-order valence-electron chi connectivity index (χ4n) is 3.10. The summed E-state index contributed by atoms with van der Waals surface area (Å²) >= 11 is 1.46. The first kappa shape index (κ1) is 19.6. The highest BCUT2D eigenvalue weighted by molar-refractivity contribution is 7.16. The van der Waals surface area contributed by atoms with Gasteiger partial charge in [-0.15, -0.1) is 11.3 Å². The van der Waals surface area contributed by atoms with Crippen molar-refractivity contribution in [3.05, 3.63) is 35.6 Å². The van der Waals surface area contributed by atoms with Crippen molar-refractivity contribution in [1.29, 1.82) is 0 Å². The second-order valence-corrected chi connectivity index (χ2v) is 8.18. The molecule has 0 saturated carbocycles. The molecule has 0 spiro atoms. The molecule has 3 heterocycles. The molecule has 27 heavy (non-hydrogen) atoms. The monoisotopic (exact) mass is 392 g/mol. The molecule has 0 unspecified atom stereocenters. The second-order valence-electron chi connectivity index (χ2n) is 7.28. The first-order chi connectivity index (χ1) is 12.8. The molecule has 0 aliphatic heterocycles. The summed E-state index contributed by atoms with van der Waals surface area (Å²) in [6, 6.07) is 5.00. The number of aromatic nitrogens is 3. The lowest BCUT2D eigenvalue weighted by Gasteiger charge is -2.27. The van der Waals surface area contributed by atoms with E-state index in [0.717, 1.165) is 16.6 Å². The topological polar surface area (TPSA) is 73.9 Å². The van der Waals surface area contributed by atoms with Crippen molar-refractivity contribution in [2.45, 2.75) is 39.2 Å². The van der Waals surface area contributed by atoms with Crippen molar-refractivity contribution >= 4 is 21.6 Å². The van der Waals surface area contributed by atoms with Crippen molar-refractivity contribution in [2.24, 2.45) is 11.7 Å². The van der Waals surface area contributed by atoms with Gasteiger partial charge >= 0.3 is 0 Å². The molecule has 0 amide bonds. The number of alkyl halides is 2. The number of nitrogens with zero attached hydrogens (tertiary/aromatic N) is 3. The lowest BCUT2D eigenvalue weighted by molar-refractivity contribution is 0.134. The minimum atomic E-state index is -2.77. The van der Waals surface area contributed by atoms with Crippen LogP contribution in [0.15, 0.2) is 29.9 Å². The van der Waals surface area contributed by atoms with Gasteiger partial charge in [-0.3, -0.25) is 0 Å². The van der Waals surface area contributed by atoms with Crippen molar-refractivity contribution < 1.29 is 13.5 Å². The third-order valence-electron chi connectivity index (χ3n) is 4.03. The third kappa shape index (κ3) is 4.56. The minimum Gasteiger partial charge on any atom is -0.490 e. The number of fused-ring (bicyclic) bond motifs is 1. The zero-order chi connectivity index (χ0) is 19.6. The fourth-order valence-corrected chi connectivity index (χ4v) is 3.83. The van der Waals surface area contributed by atoms with Crippen LogP contribution in [0, 0.1) is 5.92 Å². The molecule has 0 aliphatic rings. The van der Waals surface area contributed by atoms with Gasteiger partial charge < -0.3 is 10.5 Å². The van der Waals surface area contributed by atoms with Gasteiger partial charge in [-0.1, -0.05) is 13.8 Å². The van der Waals surface area contributed by atoms with E-state index in [1.807, 2.05) is 18.4 Å². The largest absolute Gasteiger partial charge is 0.490 e. The lowest BCUT2D eigenvalue weighted by Crippen LogP contribution is -2.43. The van der Waals surface area contributed by atoms with Gasteiger partial charge in [0, 0.05) is 10.9 Å². The molecule has 0 radical (unpaired) electrons. The Hall–Kier alpha value is -2.19. The van der Waals surface area contributed by atoms with E-state index in [1.54, 1.807) is 6.07 Å². The Morgan fingerprint density at radius 3 is 2.70 bits per heavy atom. The van der Waals surface area contributed by atoms with E-state index < -0.39 is 17.7 Å².